The van der Waals surface area contributed by atoms with E-state index in [1.165, 1.54) is 12.1 Å². The molecule has 0 bridgehead atoms. The Balaban J connectivity index is 2.28. The lowest BCUT2D eigenvalue weighted by atomic mass is 9.83. The van der Waals surface area contributed by atoms with E-state index in [2.05, 4.69) is 5.32 Å². The number of rotatable bonds is 1. The summed E-state index contributed by atoms with van der Waals surface area (Å²) in [5.74, 6) is -0.155. The number of nitrogens with one attached hydrogen (secondary N) is 1. The Morgan fingerprint density at radius 3 is 2.17 bits per heavy atom. The summed E-state index contributed by atoms with van der Waals surface area (Å²) in [6.07, 6.45) is -4.00. The van der Waals surface area contributed by atoms with E-state index in [-0.39, 0.29) is 11.8 Å². The number of halogens is 3. The van der Waals surface area contributed by atoms with E-state index in [0.717, 1.165) is 17.7 Å². The zero-order valence-electron chi connectivity index (χ0n) is 10.1. The van der Waals surface area contributed by atoms with E-state index in [9.17, 15) is 18.0 Å². The molecular formula is C13H14F3NO. The number of amides is 1. The third-order valence-electron chi connectivity index (χ3n) is 3.36. The highest BCUT2D eigenvalue weighted by Gasteiger charge is 2.40. The molecule has 2 rings (SSSR count). The Morgan fingerprint density at radius 1 is 1.22 bits per heavy atom. The van der Waals surface area contributed by atoms with Gasteiger partial charge in [-0.05, 0) is 31.5 Å². The average Bonchev–Trinajstić information content (AvgIpc) is 2.51. The van der Waals surface area contributed by atoms with Crippen molar-refractivity contribution in [2.75, 3.05) is 0 Å². The van der Waals surface area contributed by atoms with E-state index in [1.54, 1.807) is 0 Å². The number of carbonyl (C=O) groups excluding carboxylic acids is 1. The van der Waals surface area contributed by atoms with Crippen LogP contribution >= 0.6 is 0 Å². The highest BCUT2D eigenvalue weighted by atomic mass is 19.4. The zero-order chi connectivity index (χ0) is 13.6. The lowest BCUT2D eigenvalue weighted by molar-refractivity contribution is -0.137. The standard InChI is InChI=1S/C13H14F3NO/c1-12(2)10(7-11(18)17-12)8-3-5-9(6-4-8)13(14,15)16/h3-6,10H,7H2,1-2H3,(H,17,18). The van der Waals surface area contributed by atoms with Gasteiger partial charge in [-0.3, -0.25) is 4.79 Å². The van der Waals surface area contributed by atoms with Crippen molar-refractivity contribution in [1.82, 2.24) is 5.32 Å². The molecule has 1 heterocycles. The van der Waals surface area contributed by atoms with Gasteiger partial charge in [0.05, 0.1) is 5.56 Å². The smallest absolute Gasteiger partial charge is 0.351 e. The second-order valence-corrected chi connectivity index (χ2v) is 5.15. The fourth-order valence-corrected chi connectivity index (χ4v) is 2.38. The van der Waals surface area contributed by atoms with E-state index < -0.39 is 17.3 Å². The molecule has 0 aromatic heterocycles. The predicted molar refractivity (Wildman–Crippen MR) is 61.0 cm³/mol. The fraction of sp³-hybridized carbons (Fsp3) is 0.462. The van der Waals surface area contributed by atoms with Gasteiger partial charge in [-0.1, -0.05) is 12.1 Å². The summed E-state index contributed by atoms with van der Waals surface area (Å²) >= 11 is 0. The molecule has 0 spiro atoms. The molecule has 0 aliphatic carbocycles. The summed E-state index contributed by atoms with van der Waals surface area (Å²) in [4.78, 5) is 11.4. The summed E-state index contributed by atoms with van der Waals surface area (Å²) in [6.45, 7) is 3.75. The van der Waals surface area contributed by atoms with Crippen LogP contribution in [-0.2, 0) is 11.0 Å². The summed E-state index contributed by atoms with van der Waals surface area (Å²) in [5.41, 5.74) is -0.329. The molecule has 1 amide bonds. The number of hydrogen-bond acceptors (Lipinski definition) is 1. The Bertz CT molecular complexity index is 462. The van der Waals surface area contributed by atoms with Crippen LogP contribution in [0.2, 0.25) is 0 Å². The molecular weight excluding hydrogens is 243 g/mol. The summed E-state index contributed by atoms with van der Waals surface area (Å²) < 4.78 is 37.3. The third-order valence-corrected chi connectivity index (χ3v) is 3.36. The quantitative estimate of drug-likeness (QED) is 0.823. The van der Waals surface area contributed by atoms with Gasteiger partial charge < -0.3 is 5.32 Å². The Labute approximate surface area is 103 Å². The van der Waals surface area contributed by atoms with Crippen LogP contribution in [-0.4, -0.2) is 11.4 Å². The minimum atomic E-state index is -4.32. The second-order valence-electron chi connectivity index (χ2n) is 5.15. The number of carbonyl (C=O) groups is 1. The first-order chi connectivity index (χ1) is 8.20. The van der Waals surface area contributed by atoms with Crippen LogP contribution in [0.4, 0.5) is 13.2 Å². The van der Waals surface area contributed by atoms with Crippen molar-refractivity contribution in [1.29, 1.82) is 0 Å². The van der Waals surface area contributed by atoms with Crippen molar-refractivity contribution < 1.29 is 18.0 Å². The molecule has 1 atom stereocenters. The SMILES string of the molecule is CC1(C)NC(=O)CC1c1ccc(C(F)(F)F)cc1. The van der Waals surface area contributed by atoms with Gasteiger partial charge in [0.25, 0.3) is 0 Å². The van der Waals surface area contributed by atoms with Crippen LogP contribution in [0.1, 0.15) is 37.3 Å². The van der Waals surface area contributed by atoms with Gasteiger partial charge in [-0.2, -0.15) is 13.2 Å². The van der Waals surface area contributed by atoms with Gasteiger partial charge in [-0.15, -0.1) is 0 Å². The van der Waals surface area contributed by atoms with Crippen molar-refractivity contribution in [2.45, 2.75) is 37.9 Å². The number of alkyl halides is 3. The molecule has 0 radical (unpaired) electrons. The number of benzene rings is 1. The number of hydrogen-bond donors (Lipinski definition) is 1. The maximum Gasteiger partial charge on any atom is 0.416 e. The van der Waals surface area contributed by atoms with Gasteiger partial charge in [0.1, 0.15) is 0 Å². The monoisotopic (exact) mass is 257 g/mol. The maximum absolute atomic E-state index is 12.4. The Morgan fingerprint density at radius 2 is 1.78 bits per heavy atom. The Kier molecular flexibility index (Phi) is 2.87. The third kappa shape index (κ3) is 2.35. The molecule has 1 fully saturated rings. The second kappa shape index (κ2) is 4.00. The van der Waals surface area contributed by atoms with Gasteiger partial charge in [-0.25, -0.2) is 0 Å². The van der Waals surface area contributed by atoms with Crippen molar-refractivity contribution >= 4 is 5.91 Å². The minimum absolute atomic E-state index is 0.0649. The largest absolute Gasteiger partial charge is 0.416 e. The molecule has 1 unspecified atom stereocenters. The highest BCUT2D eigenvalue weighted by Crippen LogP contribution is 2.37. The molecule has 1 aromatic rings. The molecule has 1 aliphatic heterocycles. The molecule has 5 heteroatoms. The van der Waals surface area contributed by atoms with Gasteiger partial charge >= 0.3 is 6.18 Å². The van der Waals surface area contributed by atoms with E-state index in [0.29, 0.717) is 6.42 Å². The molecule has 0 saturated carbocycles. The molecule has 1 N–H and O–H groups in total. The summed E-state index contributed by atoms with van der Waals surface area (Å²) in [6, 6.07) is 5.04. The van der Waals surface area contributed by atoms with Crippen molar-refractivity contribution in [3.63, 3.8) is 0 Å². The van der Waals surface area contributed by atoms with Crippen LogP contribution in [0.25, 0.3) is 0 Å². The van der Waals surface area contributed by atoms with E-state index >= 15 is 0 Å². The first kappa shape index (κ1) is 12.9. The molecule has 1 aliphatic rings. The lowest BCUT2D eigenvalue weighted by Gasteiger charge is -2.26. The average molecular weight is 257 g/mol. The molecule has 1 saturated heterocycles. The molecule has 1 aromatic carbocycles. The van der Waals surface area contributed by atoms with Gasteiger partial charge in [0, 0.05) is 17.9 Å². The first-order valence-electron chi connectivity index (χ1n) is 5.68. The lowest BCUT2D eigenvalue weighted by Crippen LogP contribution is -2.38. The topological polar surface area (TPSA) is 29.1 Å². The Hall–Kier alpha value is -1.52. The van der Waals surface area contributed by atoms with Crippen molar-refractivity contribution in [2.24, 2.45) is 0 Å². The maximum atomic E-state index is 12.4. The van der Waals surface area contributed by atoms with Crippen LogP contribution < -0.4 is 5.32 Å². The highest BCUT2D eigenvalue weighted by molar-refractivity contribution is 5.81. The molecule has 2 nitrogen and oxygen atoms in total. The summed E-state index contributed by atoms with van der Waals surface area (Å²) in [7, 11) is 0. The van der Waals surface area contributed by atoms with Crippen molar-refractivity contribution in [3.8, 4) is 0 Å². The normalized spacial score (nSPS) is 22.9. The van der Waals surface area contributed by atoms with Crippen molar-refractivity contribution in [3.05, 3.63) is 35.4 Å². The fourth-order valence-electron chi connectivity index (χ4n) is 2.38. The van der Waals surface area contributed by atoms with Crippen LogP contribution in [0, 0.1) is 0 Å². The summed E-state index contributed by atoms with van der Waals surface area (Å²) in [5, 5.41) is 2.83. The molecule has 18 heavy (non-hydrogen) atoms. The minimum Gasteiger partial charge on any atom is -0.351 e. The predicted octanol–water partition coefficient (Wildman–Crippen LogP) is 3.09. The van der Waals surface area contributed by atoms with Crippen LogP contribution in [0.5, 0.6) is 0 Å². The zero-order valence-corrected chi connectivity index (χ0v) is 10.1. The molecule has 98 valence electrons. The van der Waals surface area contributed by atoms with Gasteiger partial charge in [0.2, 0.25) is 5.91 Å². The van der Waals surface area contributed by atoms with Crippen LogP contribution in [0.15, 0.2) is 24.3 Å². The van der Waals surface area contributed by atoms with Crippen LogP contribution in [0.3, 0.4) is 0 Å². The van der Waals surface area contributed by atoms with Gasteiger partial charge in [0.15, 0.2) is 0 Å². The first-order valence-corrected chi connectivity index (χ1v) is 5.68. The van der Waals surface area contributed by atoms with E-state index in [1.807, 2.05) is 13.8 Å². The van der Waals surface area contributed by atoms with E-state index in [4.69, 9.17) is 0 Å².